The molecule has 3 rings (SSSR count). The summed E-state index contributed by atoms with van der Waals surface area (Å²) in [4.78, 5) is 1.03. The lowest BCUT2D eigenvalue weighted by molar-refractivity contribution is 0.0612. The molecule has 0 aliphatic rings. The largest absolute Gasteiger partial charge is 0.384 e. The van der Waals surface area contributed by atoms with E-state index in [2.05, 4.69) is 50.2 Å². The quantitative estimate of drug-likeness (QED) is 0.723. The molecule has 2 aromatic carbocycles. The number of hydrogen-bond acceptors (Lipinski definition) is 2. The second-order valence-corrected chi connectivity index (χ2v) is 7.05. The Morgan fingerprint density at radius 1 is 1.00 bits per heavy atom. The van der Waals surface area contributed by atoms with Gasteiger partial charge in [0, 0.05) is 16.0 Å². The minimum atomic E-state index is -0.833. The second kappa shape index (κ2) is 5.28. The van der Waals surface area contributed by atoms with Crippen LogP contribution in [0.25, 0.3) is 10.1 Å². The van der Waals surface area contributed by atoms with Crippen molar-refractivity contribution in [3.05, 3.63) is 70.1 Å². The van der Waals surface area contributed by atoms with Crippen LogP contribution in [0, 0.1) is 13.8 Å². The summed E-state index contributed by atoms with van der Waals surface area (Å²) >= 11 is 1.69. The van der Waals surface area contributed by atoms with Crippen molar-refractivity contribution < 1.29 is 5.11 Å². The normalized spacial score (nSPS) is 14.3. The van der Waals surface area contributed by atoms with Gasteiger partial charge in [-0.25, -0.2) is 0 Å². The van der Waals surface area contributed by atoms with Crippen molar-refractivity contribution in [2.24, 2.45) is 0 Å². The zero-order chi connectivity index (χ0) is 15.0. The van der Waals surface area contributed by atoms with Crippen LogP contribution in [0.3, 0.4) is 0 Å². The lowest BCUT2D eigenvalue weighted by Crippen LogP contribution is -2.23. The van der Waals surface area contributed by atoms with Crippen LogP contribution >= 0.6 is 11.3 Å². The average molecular weight is 296 g/mol. The van der Waals surface area contributed by atoms with Gasteiger partial charge in [0.25, 0.3) is 0 Å². The molecule has 3 aromatic rings. The van der Waals surface area contributed by atoms with Crippen LogP contribution in [0.15, 0.2) is 48.5 Å². The van der Waals surface area contributed by atoms with Gasteiger partial charge in [0.05, 0.1) is 0 Å². The predicted octanol–water partition coefficient (Wildman–Crippen LogP) is 4.97. The third-order valence-corrected chi connectivity index (χ3v) is 5.49. The number of hydrogen-bond donors (Lipinski definition) is 1. The average Bonchev–Trinajstić information content (AvgIpc) is 2.88. The third-order valence-electron chi connectivity index (χ3n) is 4.12. The topological polar surface area (TPSA) is 20.2 Å². The minimum Gasteiger partial charge on any atom is -0.384 e. The van der Waals surface area contributed by atoms with Crippen LogP contribution in [-0.4, -0.2) is 5.11 Å². The molecule has 1 N–H and O–H groups in total. The van der Waals surface area contributed by atoms with Crippen molar-refractivity contribution in [3.8, 4) is 0 Å². The molecule has 0 aliphatic carbocycles. The molecule has 108 valence electrons. The maximum atomic E-state index is 11.0. The molecule has 1 heterocycles. The molecule has 0 saturated heterocycles. The van der Waals surface area contributed by atoms with Gasteiger partial charge < -0.3 is 5.11 Å². The fourth-order valence-corrected chi connectivity index (χ4v) is 3.91. The first kappa shape index (κ1) is 14.3. The summed E-state index contributed by atoms with van der Waals surface area (Å²) in [5, 5.41) is 12.2. The summed E-state index contributed by atoms with van der Waals surface area (Å²) in [6, 6.07) is 16.7. The number of aryl methyl sites for hydroxylation is 2. The van der Waals surface area contributed by atoms with E-state index in [0.29, 0.717) is 6.42 Å². The molecule has 1 atom stereocenters. The third kappa shape index (κ3) is 2.74. The highest BCUT2D eigenvalue weighted by molar-refractivity contribution is 7.19. The van der Waals surface area contributed by atoms with E-state index in [0.717, 1.165) is 4.88 Å². The maximum absolute atomic E-state index is 11.0. The van der Waals surface area contributed by atoms with Gasteiger partial charge in [-0.3, -0.25) is 0 Å². The Hall–Kier alpha value is -1.64. The molecule has 0 spiro atoms. The number of rotatable bonds is 3. The Morgan fingerprint density at radius 3 is 2.33 bits per heavy atom. The van der Waals surface area contributed by atoms with Crippen molar-refractivity contribution in [1.82, 2.24) is 0 Å². The smallest absolute Gasteiger partial charge is 0.100 e. The monoisotopic (exact) mass is 296 g/mol. The number of aliphatic hydroxyl groups is 1. The van der Waals surface area contributed by atoms with Crippen LogP contribution in [0.5, 0.6) is 0 Å². The fourth-order valence-electron chi connectivity index (χ4n) is 2.81. The van der Waals surface area contributed by atoms with Gasteiger partial charge in [0.15, 0.2) is 0 Å². The Morgan fingerprint density at radius 2 is 1.67 bits per heavy atom. The zero-order valence-electron chi connectivity index (χ0n) is 12.7. The molecule has 1 nitrogen and oxygen atoms in total. The molecule has 1 aromatic heterocycles. The molecule has 0 saturated carbocycles. The summed E-state index contributed by atoms with van der Waals surface area (Å²) in [5.74, 6) is 0. The Kier molecular flexibility index (Phi) is 3.60. The summed E-state index contributed by atoms with van der Waals surface area (Å²) < 4.78 is 1.23. The van der Waals surface area contributed by atoms with Crippen LogP contribution in [0.4, 0.5) is 0 Å². The van der Waals surface area contributed by atoms with Crippen molar-refractivity contribution in [2.45, 2.75) is 32.8 Å². The van der Waals surface area contributed by atoms with E-state index in [1.165, 1.54) is 26.8 Å². The van der Waals surface area contributed by atoms with Gasteiger partial charge in [-0.15, -0.1) is 11.3 Å². The first-order valence-electron chi connectivity index (χ1n) is 7.24. The Balaban J connectivity index is 2.00. The zero-order valence-corrected chi connectivity index (χ0v) is 13.5. The van der Waals surface area contributed by atoms with Crippen molar-refractivity contribution in [1.29, 1.82) is 0 Å². The lowest BCUT2D eigenvalue weighted by atomic mass is 9.89. The molecule has 2 heteroatoms. The Bertz CT molecular complexity index is 730. The van der Waals surface area contributed by atoms with Crippen molar-refractivity contribution >= 4 is 21.4 Å². The Labute approximate surface area is 129 Å². The molecule has 0 fully saturated rings. The van der Waals surface area contributed by atoms with Crippen LogP contribution in [0.1, 0.15) is 28.5 Å². The van der Waals surface area contributed by atoms with E-state index in [1.54, 1.807) is 11.3 Å². The number of fused-ring (bicyclic) bond motifs is 1. The van der Waals surface area contributed by atoms with Gasteiger partial charge in [-0.05, 0) is 55.0 Å². The molecule has 0 amide bonds. The highest BCUT2D eigenvalue weighted by Crippen LogP contribution is 2.36. The predicted molar refractivity (Wildman–Crippen MR) is 91.0 cm³/mol. The van der Waals surface area contributed by atoms with E-state index < -0.39 is 5.60 Å². The van der Waals surface area contributed by atoms with E-state index >= 15 is 0 Å². The van der Waals surface area contributed by atoms with Gasteiger partial charge in [0.1, 0.15) is 5.60 Å². The molecule has 21 heavy (non-hydrogen) atoms. The lowest BCUT2D eigenvalue weighted by Gasteiger charge is -2.24. The van der Waals surface area contributed by atoms with E-state index in [1.807, 2.05) is 19.1 Å². The highest BCUT2D eigenvalue weighted by atomic mass is 32.1. The summed E-state index contributed by atoms with van der Waals surface area (Å²) in [6.45, 7) is 6.15. The summed E-state index contributed by atoms with van der Waals surface area (Å²) in [7, 11) is 0. The number of thiophene rings is 1. The maximum Gasteiger partial charge on any atom is 0.100 e. The highest BCUT2D eigenvalue weighted by Gasteiger charge is 2.27. The second-order valence-electron chi connectivity index (χ2n) is 5.97. The van der Waals surface area contributed by atoms with Gasteiger partial charge in [-0.2, -0.15) is 0 Å². The van der Waals surface area contributed by atoms with Crippen LogP contribution in [0.2, 0.25) is 0 Å². The molecule has 0 radical (unpaired) electrons. The van der Waals surface area contributed by atoms with Crippen LogP contribution in [-0.2, 0) is 12.0 Å². The first-order chi connectivity index (χ1) is 9.97. The molecular formula is C19H20OS. The van der Waals surface area contributed by atoms with Crippen molar-refractivity contribution in [2.75, 3.05) is 0 Å². The van der Waals surface area contributed by atoms with Crippen LogP contribution < -0.4 is 0 Å². The standard InChI is InChI=1S/C19H20OS/c1-13-7-6-8-14(2)16(13)12-19(3,20)18-11-15-9-4-5-10-17(15)21-18/h4-11,20H,12H2,1-3H3. The summed E-state index contributed by atoms with van der Waals surface area (Å²) in [6.07, 6.45) is 0.651. The van der Waals surface area contributed by atoms with E-state index in [4.69, 9.17) is 0 Å². The molecule has 0 bridgehead atoms. The van der Waals surface area contributed by atoms with E-state index in [9.17, 15) is 5.11 Å². The molecular weight excluding hydrogens is 276 g/mol. The number of benzene rings is 2. The fraction of sp³-hybridized carbons (Fsp3) is 0.263. The van der Waals surface area contributed by atoms with Gasteiger partial charge in [-0.1, -0.05) is 36.4 Å². The minimum absolute atomic E-state index is 0.651. The SMILES string of the molecule is Cc1cccc(C)c1CC(C)(O)c1cc2ccccc2s1. The van der Waals surface area contributed by atoms with E-state index in [-0.39, 0.29) is 0 Å². The van der Waals surface area contributed by atoms with Crippen molar-refractivity contribution in [3.63, 3.8) is 0 Å². The molecule has 0 aliphatic heterocycles. The summed E-state index contributed by atoms with van der Waals surface area (Å²) in [5.41, 5.74) is 2.91. The first-order valence-corrected chi connectivity index (χ1v) is 8.05. The van der Waals surface area contributed by atoms with Gasteiger partial charge in [0.2, 0.25) is 0 Å². The molecule has 1 unspecified atom stereocenters. The van der Waals surface area contributed by atoms with Gasteiger partial charge >= 0.3 is 0 Å².